The van der Waals surface area contributed by atoms with E-state index in [1.807, 2.05) is 0 Å². The van der Waals surface area contributed by atoms with Crippen molar-refractivity contribution in [3.05, 3.63) is 41.6 Å². The number of halogens is 6. The van der Waals surface area contributed by atoms with Gasteiger partial charge in [0.05, 0.1) is 12.1 Å². The van der Waals surface area contributed by atoms with Gasteiger partial charge in [-0.1, -0.05) is 0 Å². The van der Waals surface area contributed by atoms with E-state index < -0.39 is 36.3 Å². The predicted molar refractivity (Wildman–Crippen MR) is 93.1 cm³/mol. The smallest absolute Gasteiger partial charge is 0.444 e. The molecule has 2 rings (SSSR count). The zero-order valence-corrected chi connectivity index (χ0v) is 16.1. The highest BCUT2D eigenvalue weighted by Gasteiger charge is 2.34. The molecule has 12 heteroatoms. The molecule has 0 aromatic carbocycles. The number of amides is 1. The first-order valence-corrected chi connectivity index (χ1v) is 8.55. The molecule has 0 saturated heterocycles. The average molecular weight is 436 g/mol. The van der Waals surface area contributed by atoms with Gasteiger partial charge in [-0.15, -0.1) is 0 Å². The molecule has 0 spiro atoms. The monoisotopic (exact) mass is 436 g/mol. The molecule has 2 aromatic heterocycles. The van der Waals surface area contributed by atoms with Crippen molar-refractivity contribution in [1.29, 1.82) is 0 Å². The van der Waals surface area contributed by atoms with Crippen LogP contribution in [-0.4, -0.2) is 32.8 Å². The van der Waals surface area contributed by atoms with Gasteiger partial charge in [-0.05, 0) is 38.0 Å². The molecule has 0 unspecified atom stereocenters. The summed E-state index contributed by atoms with van der Waals surface area (Å²) in [7, 11) is 0. The van der Waals surface area contributed by atoms with Crippen LogP contribution in [0.3, 0.4) is 0 Å². The molecule has 30 heavy (non-hydrogen) atoms. The lowest BCUT2D eigenvalue weighted by atomic mass is 10.0. The largest absolute Gasteiger partial charge is 0.451 e. The second-order valence-corrected chi connectivity index (χ2v) is 7.28. The zero-order valence-electron chi connectivity index (χ0n) is 16.1. The summed E-state index contributed by atoms with van der Waals surface area (Å²) >= 11 is 0. The van der Waals surface area contributed by atoms with Crippen LogP contribution in [0.1, 0.15) is 37.7 Å². The van der Waals surface area contributed by atoms with E-state index in [1.54, 1.807) is 20.8 Å². The number of carbonyl (C=O) groups is 1. The number of aromatic nitrogens is 3. The summed E-state index contributed by atoms with van der Waals surface area (Å²) in [5.41, 5.74) is -0.811. The maximum Gasteiger partial charge on any atom is 0.451 e. The number of pyridine rings is 1. The van der Waals surface area contributed by atoms with Crippen LogP contribution < -0.4 is 5.32 Å². The Balaban J connectivity index is 2.31. The van der Waals surface area contributed by atoms with Crippen LogP contribution in [0.4, 0.5) is 31.1 Å². The summed E-state index contributed by atoms with van der Waals surface area (Å²) in [5.74, 6) is -1.35. The average Bonchev–Trinajstić information content (AvgIpc) is 2.57. The second kappa shape index (κ2) is 8.44. The maximum absolute atomic E-state index is 12.9. The van der Waals surface area contributed by atoms with Crippen LogP contribution >= 0.6 is 0 Å². The highest BCUT2D eigenvalue weighted by atomic mass is 19.4. The van der Waals surface area contributed by atoms with Gasteiger partial charge in [-0.2, -0.15) is 26.3 Å². The minimum Gasteiger partial charge on any atom is -0.444 e. The number of hydrogen-bond donors (Lipinski definition) is 1. The SMILES string of the molecule is CC(C)(C)OC(=O)NCc1cc(-c2cnc(C(F)(F)F)nc2)ncc1CC(F)(F)F. The third-order valence-corrected chi connectivity index (χ3v) is 3.50. The molecule has 0 aliphatic heterocycles. The van der Waals surface area contributed by atoms with Crippen LogP contribution in [0.5, 0.6) is 0 Å². The quantitative estimate of drug-likeness (QED) is 0.704. The summed E-state index contributed by atoms with van der Waals surface area (Å²) in [4.78, 5) is 22.1. The summed E-state index contributed by atoms with van der Waals surface area (Å²) in [6, 6.07) is 1.23. The van der Waals surface area contributed by atoms with Gasteiger partial charge in [0, 0.05) is 30.7 Å². The number of hydrogen-bond acceptors (Lipinski definition) is 5. The normalized spacial score (nSPS) is 12.6. The number of nitrogens with zero attached hydrogens (tertiary/aromatic N) is 3. The Hall–Kier alpha value is -2.92. The van der Waals surface area contributed by atoms with Crippen molar-refractivity contribution in [2.45, 2.75) is 51.7 Å². The van der Waals surface area contributed by atoms with Crippen molar-refractivity contribution < 1.29 is 35.9 Å². The van der Waals surface area contributed by atoms with E-state index in [0.717, 1.165) is 18.6 Å². The first-order valence-electron chi connectivity index (χ1n) is 8.55. The van der Waals surface area contributed by atoms with Crippen molar-refractivity contribution >= 4 is 6.09 Å². The molecule has 0 saturated carbocycles. The van der Waals surface area contributed by atoms with Crippen LogP contribution in [0, 0.1) is 0 Å². The number of alkyl carbamates (subject to hydrolysis) is 1. The minimum atomic E-state index is -4.73. The van der Waals surface area contributed by atoms with Gasteiger partial charge in [0.15, 0.2) is 0 Å². The van der Waals surface area contributed by atoms with E-state index in [4.69, 9.17) is 4.74 Å². The number of alkyl halides is 6. The first-order chi connectivity index (χ1) is 13.6. The Kier molecular flexibility index (Phi) is 6.57. The van der Waals surface area contributed by atoms with E-state index in [9.17, 15) is 31.1 Å². The topological polar surface area (TPSA) is 77.0 Å². The van der Waals surface area contributed by atoms with Crippen LogP contribution in [0.15, 0.2) is 24.7 Å². The third kappa shape index (κ3) is 7.16. The Morgan fingerprint density at radius 2 is 1.57 bits per heavy atom. The van der Waals surface area contributed by atoms with E-state index >= 15 is 0 Å². The first kappa shape index (κ1) is 23.4. The van der Waals surface area contributed by atoms with Crippen molar-refractivity contribution in [3.8, 4) is 11.3 Å². The van der Waals surface area contributed by atoms with Crippen LogP contribution in [0.2, 0.25) is 0 Å². The van der Waals surface area contributed by atoms with Crippen molar-refractivity contribution in [2.75, 3.05) is 0 Å². The van der Waals surface area contributed by atoms with Gasteiger partial charge in [0.25, 0.3) is 0 Å². The molecule has 0 bridgehead atoms. The highest BCUT2D eigenvalue weighted by Crippen LogP contribution is 2.28. The molecule has 1 N–H and O–H groups in total. The van der Waals surface area contributed by atoms with Gasteiger partial charge in [-0.3, -0.25) is 4.98 Å². The molecule has 1 amide bonds. The molecule has 6 nitrogen and oxygen atoms in total. The van der Waals surface area contributed by atoms with Crippen molar-refractivity contribution in [2.24, 2.45) is 0 Å². The Morgan fingerprint density at radius 3 is 2.07 bits per heavy atom. The molecule has 0 radical (unpaired) electrons. The lowest BCUT2D eigenvalue weighted by molar-refractivity contribution is -0.145. The maximum atomic E-state index is 12.9. The minimum absolute atomic E-state index is 0.0515. The summed E-state index contributed by atoms with van der Waals surface area (Å²) in [5, 5.41) is 2.35. The molecule has 0 fully saturated rings. The van der Waals surface area contributed by atoms with Crippen LogP contribution in [-0.2, 0) is 23.9 Å². The van der Waals surface area contributed by atoms with E-state index in [-0.39, 0.29) is 28.9 Å². The summed E-state index contributed by atoms with van der Waals surface area (Å²) in [6.07, 6.45) is -8.70. The van der Waals surface area contributed by atoms with Gasteiger partial charge in [0.1, 0.15) is 5.60 Å². The Bertz CT molecular complexity index is 890. The summed E-state index contributed by atoms with van der Waals surface area (Å²) < 4.78 is 81.4. The molecular formula is C18H18F6N4O2. The van der Waals surface area contributed by atoms with E-state index in [0.29, 0.717) is 0 Å². The van der Waals surface area contributed by atoms with Gasteiger partial charge >= 0.3 is 18.4 Å². The fraction of sp³-hybridized carbons (Fsp3) is 0.444. The lowest BCUT2D eigenvalue weighted by Crippen LogP contribution is -2.32. The molecule has 2 aromatic rings. The molecule has 0 atom stereocenters. The molecule has 164 valence electrons. The highest BCUT2D eigenvalue weighted by molar-refractivity contribution is 5.68. The van der Waals surface area contributed by atoms with Crippen molar-refractivity contribution in [3.63, 3.8) is 0 Å². The fourth-order valence-electron chi connectivity index (χ4n) is 2.31. The zero-order chi connectivity index (χ0) is 22.7. The third-order valence-electron chi connectivity index (χ3n) is 3.50. The molecule has 0 aliphatic rings. The fourth-order valence-corrected chi connectivity index (χ4v) is 2.31. The number of carbonyl (C=O) groups excluding carboxylic acids is 1. The standard InChI is InChI=1S/C18H18F6N4O2/c1-16(2,3)30-15(29)28-6-10-4-13(25-7-11(10)5-17(19,20)21)12-8-26-14(27-9-12)18(22,23)24/h4,7-9H,5-6H2,1-3H3,(H,28,29). The second-order valence-electron chi connectivity index (χ2n) is 7.28. The summed E-state index contributed by atoms with van der Waals surface area (Å²) in [6.45, 7) is 4.56. The van der Waals surface area contributed by atoms with Gasteiger partial charge in [-0.25, -0.2) is 14.8 Å². The molecular weight excluding hydrogens is 418 g/mol. The molecule has 2 heterocycles. The Morgan fingerprint density at radius 1 is 0.967 bits per heavy atom. The Labute approximate surface area is 167 Å². The lowest BCUT2D eigenvalue weighted by Gasteiger charge is -2.20. The van der Waals surface area contributed by atoms with Gasteiger partial charge in [0.2, 0.25) is 5.82 Å². The van der Waals surface area contributed by atoms with Crippen molar-refractivity contribution in [1.82, 2.24) is 20.3 Å². The van der Waals surface area contributed by atoms with E-state index in [2.05, 4.69) is 20.3 Å². The van der Waals surface area contributed by atoms with Gasteiger partial charge < -0.3 is 10.1 Å². The predicted octanol–water partition coefficient (Wildman–Crippen LogP) is 4.69. The number of rotatable bonds is 4. The van der Waals surface area contributed by atoms with E-state index in [1.165, 1.54) is 6.07 Å². The van der Waals surface area contributed by atoms with Crippen LogP contribution in [0.25, 0.3) is 11.3 Å². The number of nitrogens with one attached hydrogen (secondary N) is 1. The molecule has 0 aliphatic carbocycles. The number of ether oxygens (including phenoxy) is 1.